The highest BCUT2D eigenvalue weighted by molar-refractivity contribution is 5.78. The van der Waals surface area contributed by atoms with Crippen molar-refractivity contribution >= 4 is 5.78 Å². The molecule has 0 unspecified atom stereocenters. The number of carbonyl (C=O) groups excluding carboxylic acids is 1. The number of hydrogen-bond donors (Lipinski definition) is 0. The number of Topliss-reactive ketones (excluding diaryl/α,β-unsaturated/α-hetero) is 1. The molecular formula is C23H44O. The quantitative estimate of drug-likeness (QED) is 0.261. The third-order valence-corrected chi connectivity index (χ3v) is 5.87. The maximum absolute atomic E-state index is 12.0. The van der Waals surface area contributed by atoms with Gasteiger partial charge in [-0.25, -0.2) is 0 Å². The molecule has 0 radical (unpaired) electrons. The van der Waals surface area contributed by atoms with Crippen molar-refractivity contribution in [3.8, 4) is 0 Å². The van der Waals surface area contributed by atoms with Crippen LogP contribution in [0.5, 0.6) is 0 Å². The molecule has 0 spiro atoms. The van der Waals surface area contributed by atoms with Crippen molar-refractivity contribution in [2.24, 2.45) is 5.92 Å². The number of rotatable bonds is 16. The molecule has 0 amide bonds. The number of hydrogen-bond acceptors (Lipinski definition) is 1. The molecule has 0 aromatic carbocycles. The van der Waals surface area contributed by atoms with Crippen molar-refractivity contribution in [3.05, 3.63) is 0 Å². The molecule has 1 rings (SSSR count). The van der Waals surface area contributed by atoms with E-state index < -0.39 is 0 Å². The zero-order valence-electron chi connectivity index (χ0n) is 16.6. The van der Waals surface area contributed by atoms with Crippen LogP contribution in [-0.2, 0) is 4.79 Å². The summed E-state index contributed by atoms with van der Waals surface area (Å²) in [5.74, 6) is 1.40. The molecule has 0 saturated heterocycles. The first-order valence-electron chi connectivity index (χ1n) is 11.3. The van der Waals surface area contributed by atoms with Crippen molar-refractivity contribution in [3.63, 3.8) is 0 Å². The third-order valence-electron chi connectivity index (χ3n) is 5.87. The molecular weight excluding hydrogens is 292 g/mol. The standard InChI is InChI=1S/C23H44O/c1-2-3-4-5-6-7-8-9-10-11-12-16-19-23(24)21-20-22-17-14-13-15-18-22/h22H,2-21H2,1H3. The van der Waals surface area contributed by atoms with Crippen molar-refractivity contribution in [2.45, 2.75) is 135 Å². The Kier molecular flexibility index (Phi) is 14.6. The summed E-state index contributed by atoms with van der Waals surface area (Å²) in [5.41, 5.74) is 0. The molecule has 0 aromatic rings. The summed E-state index contributed by atoms with van der Waals surface area (Å²) in [6.45, 7) is 2.28. The molecule has 1 aliphatic rings. The second kappa shape index (κ2) is 16.2. The molecule has 0 N–H and O–H groups in total. The molecule has 0 atom stereocenters. The smallest absolute Gasteiger partial charge is 0.132 e. The van der Waals surface area contributed by atoms with Crippen molar-refractivity contribution in [1.82, 2.24) is 0 Å². The van der Waals surface area contributed by atoms with Crippen LogP contribution < -0.4 is 0 Å². The van der Waals surface area contributed by atoms with Crippen molar-refractivity contribution in [1.29, 1.82) is 0 Å². The van der Waals surface area contributed by atoms with Crippen LogP contribution in [0.2, 0.25) is 0 Å². The van der Waals surface area contributed by atoms with Gasteiger partial charge in [0.25, 0.3) is 0 Å². The maximum Gasteiger partial charge on any atom is 0.132 e. The highest BCUT2D eigenvalue weighted by atomic mass is 16.1. The maximum atomic E-state index is 12.0. The Bertz CT molecular complexity index is 278. The Hall–Kier alpha value is -0.330. The van der Waals surface area contributed by atoms with E-state index >= 15 is 0 Å². The molecule has 1 heteroatoms. The number of ketones is 1. The minimum Gasteiger partial charge on any atom is -0.300 e. The van der Waals surface area contributed by atoms with E-state index in [1.165, 1.54) is 109 Å². The van der Waals surface area contributed by atoms with E-state index in [1.54, 1.807) is 0 Å². The average Bonchev–Trinajstić information content (AvgIpc) is 2.62. The van der Waals surface area contributed by atoms with Crippen LogP contribution in [0.15, 0.2) is 0 Å². The van der Waals surface area contributed by atoms with Gasteiger partial charge in [0.05, 0.1) is 0 Å². The van der Waals surface area contributed by atoms with E-state index in [1.807, 2.05) is 0 Å². The zero-order chi connectivity index (χ0) is 17.3. The SMILES string of the molecule is CCCCCCCCCCCCCCC(=O)CCC1CCCCC1. The Morgan fingerprint density at radius 1 is 0.667 bits per heavy atom. The fourth-order valence-electron chi connectivity index (χ4n) is 4.13. The summed E-state index contributed by atoms with van der Waals surface area (Å²) in [7, 11) is 0. The van der Waals surface area contributed by atoms with Crippen LogP contribution in [0.1, 0.15) is 135 Å². The zero-order valence-corrected chi connectivity index (χ0v) is 16.6. The lowest BCUT2D eigenvalue weighted by atomic mass is 9.85. The largest absolute Gasteiger partial charge is 0.300 e. The Labute approximate surface area is 152 Å². The third kappa shape index (κ3) is 13.0. The minimum absolute atomic E-state index is 0.535. The van der Waals surface area contributed by atoms with E-state index in [0.29, 0.717) is 5.78 Å². The van der Waals surface area contributed by atoms with Crippen LogP contribution in [0.25, 0.3) is 0 Å². The molecule has 0 aliphatic heterocycles. The first kappa shape index (κ1) is 21.7. The van der Waals surface area contributed by atoms with Gasteiger partial charge in [0.1, 0.15) is 5.78 Å². The molecule has 24 heavy (non-hydrogen) atoms. The summed E-state index contributed by atoms with van der Waals surface area (Å²) in [5, 5.41) is 0. The Morgan fingerprint density at radius 3 is 1.71 bits per heavy atom. The number of unbranched alkanes of at least 4 members (excludes halogenated alkanes) is 11. The lowest BCUT2D eigenvalue weighted by molar-refractivity contribution is -0.119. The normalized spacial score (nSPS) is 15.7. The van der Waals surface area contributed by atoms with Gasteiger partial charge in [-0.15, -0.1) is 0 Å². The molecule has 0 heterocycles. The second-order valence-electron chi connectivity index (χ2n) is 8.22. The van der Waals surface area contributed by atoms with Gasteiger partial charge in [0.15, 0.2) is 0 Å². The van der Waals surface area contributed by atoms with Crippen LogP contribution in [0.4, 0.5) is 0 Å². The summed E-state index contributed by atoms with van der Waals surface area (Å²) in [6.07, 6.45) is 26.3. The van der Waals surface area contributed by atoms with Gasteiger partial charge in [-0.05, 0) is 18.8 Å². The molecule has 0 bridgehead atoms. The first-order valence-corrected chi connectivity index (χ1v) is 11.3. The van der Waals surface area contributed by atoms with Crippen LogP contribution in [0.3, 0.4) is 0 Å². The van der Waals surface area contributed by atoms with Crippen molar-refractivity contribution in [2.75, 3.05) is 0 Å². The predicted molar refractivity (Wildman–Crippen MR) is 107 cm³/mol. The minimum atomic E-state index is 0.535. The molecule has 1 aliphatic carbocycles. The van der Waals surface area contributed by atoms with E-state index in [2.05, 4.69) is 6.92 Å². The van der Waals surface area contributed by atoms with E-state index in [-0.39, 0.29) is 0 Å². The monoisotopic (exact) mass is 336 g/mol. The highest BCUT2D eigenvalue weighted by Gasteiger charge is 2.14. The second-order valence-corrected chi connectivity index (χ2v) is 8.22. The average molecular weight is 337 g/mol. The van der Waals surface area contributed by atoms with E-state index in [9.17, 15) is 4.79 Å². The van der Waals surface area contributed by atoms with Crippen molar-refractivity contribution < 1.29 is 4.79 Å². The van der Waals surface area contributed by atoms with Gasteiger partial charge in [-0.1, -0.05) is 110 Å². The van der Waals surface area contributed by atoms with Crippen LogP contribution in [0, 0.1) is 5.92 Å². The van der Waals surface area contributed by atoms with Crippen LogP contribution >= 0.6 is 0 Å². The lowest BCUT2D eigenvalue weighted by Crippen LogP contribution is -2.08. The molecule has 142 valence electrons. The first-order chi connectivity index (χ1) is 11.8. The molecule has 1 saturated carbocycles. The lowest BCUT2D eigenvalue weighted by Gasteiger charge is -2.20. The number of carbonyl (C=O) groups is 1. The van der Waals surface area contributed by atoms with E-state index in [4.69, 9.17) is 0 Å². The topological polar surface area (TPSA) is 17.1 Å². The van der Waals surface area contributed by atoms with Gasteiger partial charge in [0.2, 0.25) is 0 Å². The Morgan fingerprint density at radius 2 is 1.17 bits per heavy atom. The molecule has 0 aromatic heterocycles. The van der Waals surface area contributed by atoms with Gasteiger partial charge < -0.3 is 0 Å². The summed E-state index contributed by atoms with van der Waals surface area (Å²) < 4.78 is 0. The summed E-state index contributed by atoms with van der Waals surface area (Å²) >= 11 is 0. The fourth-order valence-corrected chi connectivity index (χ4v) is 4.13. The highest BCUT2D eigenvalue weighted by Crippen LogP contribution is 2.27. The molecule has 1 fully saturated rings. The summed E-state index contributed by atoms with van der Waals surface area (Å²) in [4.78, 5) is 12.0. The fraction of sp³-hybridized carbons (Fsp3) is 0.957. The predicted octanol–water partition coefficient (Wildman–Crippen LogP) is 8.01. The molecule has 1 nitrogen and oxygen atoms in total. The van der Waals surface area contributed by atoms with Crippen LogP contribution in [-0.4, -0.2) is 5.78 Å². The van der Waals surface area contributed by atoms with Gasteiger partial charge in [0, 0.05) is 12.8 Å². The van der Waals surface area contributed by atoms with Gasteiger partial charge in [-0.3, -0.25) is 4.79 Å². The van der Waals surface area contributed by atoms with E-state index in [0.717, 1.165) is 25.2 Å². The van der Waals surface area contributed by atoms with Gasteiger partial charge >= 0.3 is 0 Å². The Balaban J connectivity index is 1.77. The van der Waals surface area contributed by atoms with Gasteiger partial charge in [-0.2, -0.15) is 0 Å². The summed E-state index contributed by atoms with van der Waals surface area (Å²) in [6, 6.07) is 0.